The van der Waals surface area contributed by atoms with Crippen LogP contribution in [0.4, 0.5) is 10.6 Å². The molecule has 0 radical (unpaired) electrons. The summed E-state index contributed by atoms with van der Waals surface area (Å²) in [5.41, 5.74) is 9.02. The van der Waals surface area contributed by atoms with Crippen LogP contribution in [0.3, 0.4) is 0 Å². The molecule has 11 heteroatoms. The van der Waals surface area contributed by atoms with Crippen LogP contribution in [0.2, 0.25) is 0 Å². The van der Waals surface area contributed by atoms with Crippen LogP contribution in [0.5, 0.6) is 0 Å². The van der Waals surface area contributed by atoms with E-state index in [4.69, 9.17) is 15.5 Å². The average molecular weight is 504 g/mol. The number of pyridine rings is 1. The minimum atomic E-state index is -0.700. The van der Waals surface area contributed by atoms with E-state index < -0.39 is 5.41 Å². The first-order chi connectivity index (χ1) is 17.4. The highest BCUT2D eigenvalue weighted by molar-refractivity contribution is 5.89. The molecule has 0 aromatic carbocycles. The van der Waals surface area contributed by atoms with Gasteiger partial charge >= 0.3 is 6.09 Å². The van der Waals surface area contributed by atoms with Gasteiger partial charge in [0.1, 0.15) is 17.9 Å². The molecule has 2 aromatic heterocycles. The zero-order valence-electron chi connectivity index (χ0n) is 21.6. The van der Waals surface area contributed by atoms with E-state index in [1.807, 2.05) is 6.92 Å². The molecule has 1 saturated heterocycles. The Hall–Kier alpha value is -2.47. The molecule has 200 valence electrons. The molecule has 0 atom stereocenters. The van der Waals surface area contributed by atoms with Gasteiger partial charge in [0.15, 0.2) is 5.82 Å². The lowest BCUT2D eigenvalue weighted by molar-refractivity contribution is 0.0556. The number of carbonyl (C=O) groups is 1. The number of anilines is 1. The van der Waals surface area contributed by atoms with Gasteiger partial charge < -0.3 is 35.5 Å². The molecular formula is C25H41N7O4. The highest BCUT2D eigenvalue weighted by Gasteiger charge is 2.31. The molecule has 11 nitrogen and oxygen atoms in total. The molecule has 2 aromatic rings. The first-order valence-corrected chi connectivity index (χ1v) is 13.1. The van der Waals surface area contributed by atoms with Gasteiger partial charge in [0.25, 0.3) is 0 Å². The van der Waals surface area contributed by atoms with E-state index in [0.29, 0.717) is 44.0 Å². The van der Waals surface area contributed by atoms with E-state index in [-0.39, 0.29) is 19.3 Å². The summed E-state index contributed by atoms with van der Waals surface area (Å²) < 4.78 is 7.68. The van der Waals surface area contributed by atoms with Gasteiger partial charge in [-0.25, -0.2) is 14.8 Å². The van der Waals surface area contributed by atoms with Gasteiger partial charge in [-0.15, -0.1) is 0 Å². The maximum atomic E-state index is 12.8. The fourth-order valence-electron chi connectivity index (χ4n) is 4.96. The van der Waals surface area contributed by atoms with E-state index in [9.17, 15) is 15.0 Å². The van der Waals surface area contributed by atoms with E-state index in [0.717, 1.165) is 74.6 Å². The monoisotopic (exact) mass is 503 g/mol. The number of piperazine rings is 1. The molecular weight excluding hydrogens is 462 g/mol. The van der Waals surface area contributed by atoms with Gasteiger partial charge in [0.05, 0.1) is 31.0 Å². The number of aliphatic hydroxyl groups excluding tert-OH is 2. The Balaban J connectivity index is 1.56. The number of aliphatic hydroxyl groups is 2. The summed E-state index contributed by atoms with van der Waals surface area (Å²) in [6.45, 7) is 9.93. The zero-order valence-corrected chi connectivity index (χ0v) is 21.6. The van der Waals surface area contributed by atoms with Crippen LogP contribution >= 0.6 is 0 Å². The first-order valence-electron chi connectivity index (χ1n) is 13.1. The highest BCUT2D eigenvalue weighted by Crippen LogP contribution is 2.33. The summed E-state index contributed by atoms with van der Waals surface area (Å²) in [7, 11) is 0. The number of nitrogen functional groups attached to an aromatic ring is 1. The molecule has 4 heterocycles. The Labute approximate surface area is 212 Å². The van der Waals surface area contributed by atoms with Gasteiger partial charge in [-0.1, -0.05) is 20.3 Å². The molecule has 2 aliphatic rings. The maximum Gasteiger partial charge on any atom is 0.410 e. The summed E-state index contributed by atoms with van der Waals surface area (Å²) >= 11 is 0. The van der Waals surface area contributed by atoms with Gasteiger partial charge in [-0.05, 0) is 12.8 Å². The number of nitrogens with two attached hydrogens (primary N) is 1. The number of nitrogens with zero attached hydrogens (tertiary/aromatic N) is 5. The number of fused-ring (bicyclic) bond motifs is 3. The lowest BCUT2D eigenvalue weighted by atomic mass is 9.92. The molecule has 5 N–H and O–H groups in total. The minimum Gasteiger partial charge on any atom is -0.448 e. The van der Waals surface area contributed by atoms with Gasteiger partial charge in [-0.2, -0.15) is 0 Å². The summed E-state index contributed by atoms with van der Waals surface area (Å²) in [5.74, 6) is 1.22. The number of rotatable bonds is 10. The summed E-state index contributed by atoms with van der Waals surface area (Å²) in [6, 6.07) is 0. The number of hydrogen-bond donors (Lipinski definition) is 4. The lowest BCUT2D eigenvalue weighted by Crippen LogP contribution is -2.45. The van der Waals surface area contributed by atoms with Crippen LogP contribution in [0, 0.1) is 5.41 Å². The van der Waals surface area contributed by atoms with Crippen molar-refractivity contribution in [2.45, 2.75) is 52.6 Å². The topological polar surface area (TPSA) is 142 Å². The number of amides is 1. The van der Waals surface area contributed by atoms with E-state index >= 15 is 0 Å². The fourth-order valence-corrected chi connectivity index (χ4v) is 4.96. The molecule has 0 bridgehead atoms. The van der Waals surface area contributed by atoms with Crippen LogP contribution in [0.25, 0.3) is 11.0 Å². The van der Waals surface area contributed by atoms with Crippen molar-refractivity contribution in [1.29, 1.82) is 0 Å². The quantitative estimate of drug-likeness (QED) is 0.369. The van der Waals surface area contributed by atoms with Crippen molar-refractivity contribution < 1.29 is 19.7 Å². The van der Waals surface area contributed by atoms with E-state index in [1.54, 1.807) is 4.90 Å². The third kappa shape index (κ3) is 5.74. The standard InChI is InChI=1S/C25H41N7O4/c1-3-4-5-20-29-21-22(32(20)15-25(2,16-33)17-34)18-6-9-31(14-19(18)28-23(21)26)24(35)36-13-12-30-10-7-27-8-11-30/h27,33-34H,3-17H2,1-2H3,(H2,26,28). The first kappa shape index (κ1) is 26.6. The van der Waals surface area contributed by atoms with Crippen LogP contribution in [0.1, 0.15) is 43.8 Å². The van der Waals surface area contributed by atoms with Gasteiger partial charge in [0, 0.05) is 63.2 Å². The molecule has 0 aliphatic carbocycles. The fraction of sp³-hybridized carbons (Fsp3) is 0.720. The minimum absolute atomic E-state index is 0.146. The summed E-state index contributed by atoms with van der Waals surface area (Å²) in [4.78, 5) is 26.3. The third-order valence-corrected chi connectivity index (χ3v) is 7.31. The number of aromatic nitrogens is 3. The smallest absolute Gasteiger partial charge is 0.410 e. The molecule has 0 unspecified atom stereocenters. The Bertz CT molecular complexity index is 1050. The molecule has 1 fully saturated rings. The van der Waals surface area contributed by atoms with Crippen LogP contribution < -0.4 is 11.1 Å². The molecule has 0 saturated carbocycles. The molecule has 4 rings (SSSR count). The SMILES string of the molecule is CCCCc1nc2c(N)nc3c(c2n1CC(C)(CO)CO)CCN(C(=O)OCCN1CCNCC1)C3. The molecule has 0 spiro atoms. The Kier molecular flexibility index (Phi) is 8.66. The number of imidazole rings is 1. The molecule has 2 aliphatic heterocycles. The molecule has 1 amide bonds. The predicted octanol–water partition coefficient (Wildman–Crippen LogP) is 0.747. The number of unbranched alkanes of at least 4 members (excludes halogenated alkanes) is 1. The van der Waals surface area contributed by atoms with Gasteiger partial charge in [0.2, 0.25) is 0 Å². The van der Waals surface area contributed by atoms with Crippen LogP contribution in [0.15, 0.2) is 0 Å². The van der Waals surface area contributed by atoms with Crippen LogP contribution in [-0.4, -0.2) is 99.7 Å². The van der Waals surface area contributed by atoms with Crippen molar-refractivity contribution in [1.82, 2.24) is 29.7 Å². The Morgan fingerprint density at radius 3 is 2.64 bits per heavy atom. The highest BCUT2D eigenvalue weighted by atomic mass is 16.6. The summed E-state index contributed by atoms with van der Waals surface area (Å²) in [5, 5.41) is 23.3. The second kappa shape index (κ2) is 11.7. The number of nitrogens with one attached hydrogen (secondary N) is 1. The number of hydrogen-bond acceptors (Lipinski definition) is 9. The number of aryl methyl sites for hydroxylation is 1. The van der Waals surface area contributed by atoms with Crippen molar-refractivity contribution in [2.24, 2.45) is 5.41 Å². The Morgan fingerprint density at radius 1 is 1.19 bits per heavy atom. The van der Waals surface area contributed by atoms with E-state index in [1.165, 1.54) is 0 Å². The lowest BCUT2D eigenvalue weighted by Gasteiger charge is -2.30. The maximum absolute atomic E-state index is 12.8. The Morgan fingerprint density at radius 2 is 1.94 bits per heavy atom. The van der Waals surface area contributed by atoms with Crippen molar-refractivity contribution in [2.75, 3.05) is 64.8 Å². The van der Waals surface area contributed by atoms with Crippen molar-refractivity contribution in [3.63, 3.8) is 0 Å². The molecule has 36 heavy (non-hydrogen) atoms. The van der Waals surface area contributed by atoms with Crippen molar-refractivity contribution in [3.05, 3.63) is 17.1 Å². The normalized spacial score (nSPS) is 16.9. The van der Waals surface area contributed by atoms with Crippen molar-refractivity contribution >= 4 is 22.9 Å². The third-order valence-electron chi connectivity index (χ3n) is 7.31. The largest absolute Gasteiger partial charge is 0.448 e. The van der Waals surface area contributed by atoms with E-state index in [2.05, 4.69) is 26.7 Å². The second-order valence-corrected chi connectivity index (χ2v) is 10.3. The average Bonchev–Trinajstić information content (AvgIpc) is 3.26. The summed E-state index contributed by atoms with van der Waals surface area (Å²) in [6.07, 6.45) is 3.05. The number of carbonyl (C=O) groups excluding carboxylic acids is 1. The van der Waals surface area contributed by atoms with Crippen LogP contribution in [-0.2, 0) is 30.7 Å². The van der Waals surface area contributed by atoms with Crippen molar-refractivity contribution in [3.8, 4) is 0 Å². The number of ether oxygens (including phenoxy) is 1. The predicted molar refractivity (Wildman–Crippen MR) is 138 cm³/mol. The zero-order chi connectivity index (χ0) is 25.7. The second-order valence-electron chi connectivity index (χ2n) is 10.3. The van der Waals surface area contributed by atoms with Gasteiger partial charge in [-0.3, -0.25) is 4.90 Å².